The van der Waals surface area contributed by atoms with Gasteiger partial charge in [0.25, 0.3) is 0 Å². The van der Waals surface area contributed by atoms with Crippen molar-refractivity contribution < 1.29 is 15.0 Å². The number of carboxylic acid groups (broad SMARTS) is 1. The van der Waals surface area contributed by atoms with Gasteiger partial charge in [0, 0.05) is 24.8 Å². The summed E-state index contributed by atoms with van der Waals surface area (Å²) in [5, 5.41) is 21.9. The number of aromatic nitrogens is 2. The van der Waals surface area contributed by atoms with Gasteiger partial charge in [0.2, 0.25) is 0 Å². The number of rotatable bonds is 7. The summed E-state index contributed by atoms with van der Waals surface area (Å²) in [7, 11) is 1.99. The van der Waals surface area contributed by atoms with Gasteiger partial charge in [-0.3, -0.25) is 9.58 Å². The Labute approximate surface area is 123 Å². The lowest BCUT2D eigenvalue weighted by molar-refractivity contribution is 0.0697. The molecule has 0 spiro atoms. The van der Waals surface area contributed by atoms with Crippen molar-refractivity contribution >= 4 is 5.97 Å². The Balaban J connectivity index is 1.91. The fourth-order valence-electron chi connectivity index (χ4n) is 2.14. The predicted octanol–water partition coefficient (Wildman–Crippen LogP) is 1.21. The van der Waals surface area contributed by atoms with Crippen LogP contribution in [0.1, 0.15) is 21.5 Å². The Hall–Kier alpha value is -2.18. The third-order valence-corrected chi connectivity index (χ3v) is 3.12. The Morgan fingerprint density at radius 2 is 1.90 bits per heavy atom. The second-order valence-electron chi connectivity index (χ2n) is 5.01. The molecule has 0 radical (unpaired) electrons. The van der Waals surface area contributed by atoms with E-state index in [2.05, 4.69) is 10.00 Å². The second kappa shape index (κ2) is 7.01. The predicted molar refractivity (Wildman–Crippen MR) is 77.9 cm³/mol. The monoisotopic (exact) mass is 289 g/mol. The lowest BCUT2D eigenvalue weighted by atomic mass is 10.1. The molecule has 2 aromatic rings. The molecule has 2 N–H and O–H groups in total. The summed E-state index contributed by atoms with van der Waals surface area (Å²) in [6.07, 6.45) is 3.71. The van der Waals surface area contributed by atoms with E-state index in [-0.39, 0.29) is 6.61 Å². The molecule has 6 heteroatoms. The zero-order valence-electron chi connectivity index (χ0n) is 11.9. The Kier molecular flexibility index (Phi) is 5.08. The maximum atomic E-state index is 10.8. The van der Waals surface area contributed by atoms with Crippen LogP contribution in [0, 0.1) is 0 Å². The van der Waals surface area contributed by atoms with Gasteiger partial charge in [-0.25, -0.2) is 4.79 Å². The number of carboxylic acids is 1. The highest BCUT2D eigenvalue weighted by Crippen LogP contribution is 2.09. The van der Waals surface area contributed by atoms with Gasteiger partial charge >= 0.3 is 5.97 Å². The first kappa shape index (κ1) is 15.2. The number of hydrogen-bond acceptors (Lipinski definition) is 4. The number of nitrogens with zero attached hydrogens (tertiary/aromatic N) is 3. The van der Waals surface area contributed by atoms with E-state index in [9.17, 15) is 4.79 Å². The first-order valence-electron chi connectivity index (χ1n) is 6.71. The van der Waals surface area contributed by atoms with E-state index in [1.54, 1.807) is 23.0 Å². The zero-order chi connectivity index (χ0) is 15.2. The molecule has 0 saturated heterocycles. The molecule has 21 heavy (non-hydrogen) atoms. The van der Waals surface area contributed by atoms with Crippen molar-refractivity contribution in [2.24, 2.45) is 0 Å². The molecule has 112 valence electrons. The van der Waals surface area contributed by atoms with Crippen LogP contribution in [-0.4, -0.2) is 44.5 Å². The molecule has 1 aromatic carbocycles. The quantitative estimate of drug-likeness (QED) is 0.801. The Morgan fingerprint density at radius 3 is 2.52 bits per heavy atom. The summed E-state index contributed by atoms with van der Waals surface area (Å²) in [5.74, 6) is -0.911. The summed E-state index contributed by atoms with van der Waals surface area (Å²) >= 11 is 0. The van der Waals surface area contributed by atoms with Crippen LogP contribution in [0.5, 0.6) is 0 Å². The van der Waals surface area contributed by atoms with E-state index in [0.717, 1.165) is 24.2 Å². The van der Waals surface area contributed by atoms with Crippen molar-refractivity contribution in [2.45, 2.75) is 19.6 Å². The number of carbonyl (C=O) groups is 1. The fourth-order valence-corrected chi connectivity index (χ4v) is 2.14. The summed E-state index contributed by atoms with van der Waals surface area (Å²) in [5.41, 5.74) is 2.44. The van der Waals surface area contributed by atoms with Crippen molar-refractivity contribution in [1.29, 1.82) is 0 Å². The fraction of sp³-hybridized carbons (Fsp3) is 0.333. The number of aliphatic hydroxyl groups is 1. The van der Waals surface area contributed by atoms with Gasteiger partial charge in [0.05, 0.1) is 24.9 Å². The molecule has 0 fully saturated rings. The minimum Gasteiger partial charge on any atom is -0.478 e. The van der Waals surface area contributed by atoms with Crippen LogP contribution in [0.2, 0.25) is 0 Å². The van der Waals surface area contributed by atoms with Gasteiger partial charge in [0.15, 0.2) is 0 Å². The van der Waals surface area contributed by atoms with Crippen LogP contribution in [0.4, 0.5) is 0 Å². The van der Waals surface area contributed by atoms with Crippen LogP contribution in [0.15, 0.2) is 36.7 Å². The molecule has 1 aromatic heterocycles. The minimum absolute atomic E-state index is 0.0763. The van der Waals surface area contributed by atoms with Crippen LogP contribution in [-0.2, 0) is 19.6 Å². The molecule has 0 unspecified atom stereocenters. The average molecular weight is 289 g/mol. The van der Waals surface area contributed by atoms with Crippen molar-refractivity contribution in [3.05, 3.63) is 53.3 Å². The largest absolute Gasteiger partial charge is 0.478 e. The highest BCUT2D eigenvalue weighted by molar-refractivity contribution is 5.87. The van der Waals surface area contributed by atoms with Crippen molar-refractivity contribution in [3.63, 3.8) is 0 Å². The molecular formula is C15H19N3O3. The highest BCUT2D eigenvalue weighted by atomic mass is 16.4. The third-order valence-electron chi connectivity index (χ3n) is 3.12. The minimum atomic E-state index is -0.911. The number of hydrogen-bond donors (Lipinski definition) is 2. The van der Waals surface area contributed by atoms with E-state index in [1.165, 1.54) is 0 Å². The smallest absolute Gasteiger partial charge is 0.335 e. The first-order valence-corrected chi connectivity index (χ1v) is 6.71. The molecule has 0 saturated carbocycles. The normalized spacial score (nSPS) is 11.0. The van der Waals surface area contributed by atoms with Gasteiger partial charge < -0.3 is 10.2 Å². The Morgan fingerprint density at radius 1 is 1.24 bits per heavy atom. The lowest BCUT2D eigenvalue weighted by Gasteiger charge is -2.15. The van der Waals surface area contributed by atoms with Gasteiger partial charge in [-0.15, -0.1) is 0 Å². The summed E-state index contributed by atoms with van der Waals surface area (Å²) in [6, 6.07) is 6.89. The van der Waals surface area contributed by atoms with E-state index >= 15 is 0 Å². The molecule has 2 rings (SSSR count). The summed E-state index contributed by atoms with van der Waals surface area (Å²) in [6.45, 7) is 2.05. The maximum absolute atomic E-state index is 10.8. The standard InChI is InChI=1S/C15H19N3O3/c1-17(10-13-8-16-18(11-13)6-7-19)9-12-2-4-14(5-3-12)15(20)21/h2-5,8,11,19H,6-7,9-10H2,1H3,(H,20,21). The summed E-state index contributed by atoms with van der Waals surface area (Å²) < 4.78 is 1.71. The van der Waals surface area contributed by atoms with Gasteiger partial charge in [-0.05, 0) is 24.7 Å². The van der Waals surface area contributed by atoms with Gasteiger partial charge in [-0.2, -0.15) is 5.10 Å². The van der Waals surface area contributed by atoms with Crippen LogP contribution >= 0.6 is 0 Å². The topological polar surface area (TPSA) is 78.6 Å². The molecule has 0 amide bonds. The molecule has 0 aliphatic rings. The second-order valence-corrected chi connectivity index (χ2v) is 5.01. The van der Waals surface area contributed by atoms with E-state index in [1.807, 2.05) is 25.4 Å². The Bertz CT molecular complexity index is 592. The van der Waals surface area contributed by atoms with E-state index in [4.69, 9.17) is 10.2 Å². The number of aromatic carboxylic acids is 1. The third kappa shape index (κ3) is 4.40. The number of benzene rings is 1. The van der Waals surface area contributed by atoms with Crippen LogP contribution in [0.3, 0.4) is 0 Å². The zero-order valence-corrected chi connectivity index (χ0v) is 11.9. The highest BCUT2D eigenvalue weighted by Gasteiger charge is 2.06. The SMILES string of the molecule is CN(Cc1ccc(C(=O)O)cc1)Cc1cnn(CCO)c1. The van der Waals surface area contributed by atoms with Crippen LogP contribution in [0.25, 0.3) is 0 Å². The van der Waals surface area contributed by atoms with Crippen molar-refractivity contribution in [1.82, 2.24) is 14.7 Å². The molecule has 0 atom stereocenters. The molecular weight excluding hydrogens is 270 g/mol. The summed E-state index contributed by atoms with van der Waals surface area (Å²) in [4.78, 5) is 12.9. The van der Waals surface area contributed by atoms with Crippen molar-refractivity contribution in [2.75, 3.05) is 13.7 Å². The lowest BCUT2D eigenvalue weighted by Crippen LogP contribution is -2.17. The molecule has 0 bridgehead atoms. The first-order chi connectivity index (χ1) is 10.1. The van der Waals surface area contributed by atoms with E-state index in [0.29, 0.717) is 12.1 Å². The molecule has 0 aliphatic carbocycles. The number of aliphatic hydroxyl groups excluding tert-OH is 1. The molecule has 0 aliphatic heterocycles. The van der Waals surface area contributed by atoms with Crippen LogP contribution < -0.4 is 0 Å². The van der Waals surface area contributed by atoms with Crippen molar-refractivity contribution in [3.8, 4) is 0 Å². The van der Waals surface area contributed by atoms with Gasteiger partial charge in [0.1, 0.15) is 0 Å². The molecule has 6 nitrogen and oxygen atoms in total. The van der Waals surface area contributed by atoms with Gasteiger partial charge in [-0.1, -0.05) is 12.1 Å². The molecule has 1 heterocycles. The maximum Gasteiger partial charge on any atom is 0.335 e. The average Bonchev–Trinajstić information content (AvgIpc) is 2.87. The van der Waals surface area contributed by atoms with E-state index < -0.39 is 5.97 Å².